The molecule has 3 heteroatoms. The van der Waals surface area contributed by atoms with E-state index in [1.54, 1.807) is 0 Å². The van der Waals surface area contributed by atoms with Gasteiger partial charge in [0.05, 0.1) is 0 Å². The molecule has 0 bridgehead atoms. The van der Waals surface area contributed by atoms with Gasteiger partial charge in [0.15, 0.2) is 0 Å². The predicted molar refractivity (Wildman–Crippen MR) is 45.4 cm³/mol. The van der Waals surface area contributed by atoms with Gasteiger partial charge in [-0.05, 0) is 12.3 Å². The molecule has 1 aliphatic rings. The Morgan fingerprint density at radius 1 is 1.50 bits per heavy atom. The Balaban J connectivity index is 2.36. The highest BCUT2D eigenvalue weighted by atomic mass is 19.3. The lowest BCUT2D eigenvalue weighted by atomic mass is 9.94. The number of rotatable bonds is 2. The van der Waals surface area contributed by atoms with Gasteiger partial charge in [0.2, 0.25) is 0 Å². The molecule has 0 spiro atoms. The maximum Gasteiger partial charge on any atom is 0.250 e. The Labute approximate surface area is 72.5 Å². The third kappa shape index (κ3) is 3.05. The first-order chi connectivity index (χ1) is 5.49. The average Bonchev–Trinajstić information content (AvgIpc) is 1.82. The number of hydrogen-bond acceptors (Lipinski definition) is 1. The van der Waals surface area contributed by atoms with Gasteiger partial charge >= 0.3 is 0 Å². The summed E-state index contributed by atoms with van der Waals surface area (Å²) in [5, 5.41) is 3.13. The second-order valence-corrected chi connectivity index (χ2v) is 4.09. The van der Waals surface area contributed by atoms with Gasteiger partial charge < -0.3 is 5.32 Å². The van der Waals surface area contributed by atoms with Gasteiger partial charge in [0.1, 0.15) is 0 Å². The topological polar surface area (TPSA) is 12.0 Å². The standard InChI is InChI=1S/C9H17F2N/c1-7(2)5-8-6-9(10,11)3-4-12-8/h7-8,12H,3-6H2,1-2H3. The molecular weight excluding hydrogens is 160 g/mol. The van der Waals surface area contributed by atoms with Crippen molar-refractivity contribution in [1.82, 2.24) is 5.32 Å². The minimum Gasteiger partial charge on any atom is -0.314 e. The van der Waals surface area contributed by atoms with Crippen molar-refractivity contribution in [2.24, 2.45) is 5.92 Å². The molecule has 0 saturated carbocycles. The largest absolute Gasteiger partial charge is 0.314 e. The molecular formula is C9H17F2N. The van der Waals surface area contributed by atoms with Crippen molar-refractivity contribution >= 4 is 0 Å². The second kappa shape index (κ2) is 3.69. The van der Waals surface area contributed by atoms with E-state index >= 15 is 0 Å². The van der Waals surface area contributed by atoms with Crippen molar-refractivity contribution in [3.63, 3.8) is 0 Å². The van der Waals surface area contributed by atoms with Gasteiger partial charge in [0, 0.05) is 25.4 Å². The fourth-order valence-electron chi connectivity index (χ4n) is 1.73. The van der Waals surface area contributed by atoms with E-state index in [1.165, 1.54) is 0 Å². The molecule has 72 valence electrons. The van der Waals surface area contributed by atoms with E-state index in [0.717, 1.165) is 6.42 Å². The summed E-state index contributed by atoms with van der Waals surface area (Å²) in [5.41, 5.74) is 0. The van der Waals surface area contributed by atoms with Crippen molar-refractivity contribution in [1.29, 1.82) is 0 Å². The Kier molecular flexibility index (Phi) is 3.04. The number of alkyl halides is 2. The van der Waals surface area contributed by atoms with Crippen LogP contribution in [0.3, 0.4) is 0 Å². The lowest BCUT2D eigenvalue weighted by Crippen LogP contribution is -2.44. The van der Waals surface area contributed by atoms with Gasteiger partial charge in [0.25, 0.3) is 5.92 Å². The molecule has 1 heterocycles. The lowest BCUT2D eigenvalue weighted by Gasteiger charge is -2.31. The zero-order valence-corrected chi connectivity index (χ0v) is 7.74. The van der Waals surface area contributed by atoms with Gasteiger partial charge in [-0.25, -0.2) is 8.78 Å². The van der Waals surface area contributed by atoms with Gasteiger partial charge in [-0.15, -0.1) is 0 Å². The van der Waals surface area contributed by atoms with E-state index in [0.29, 0.717) is 12.5 Å². The molecule has 0 radical (unpaired) electrons. The molecule has 1 saturated heterocycles. The van der Waals surface area contributed by atoms with Crippen LogP contribution in [0.5, 0.6) is 0 Å². The number of halogens is 2. The van der Waals surface area contributed by atoms with Crippen LogP contribution in [-0.2, 0) is 0 Å². The highest BCUT2D eigenvalue weighted by Gasteiger charge is 2.35. The minimum absolute atomic E-state index is 0.00158. The van der Waals surface area contributed by atoms with Crippen molar-refractivity contribution in [2.45, 2.75) is 45.1 Å². The van der Waals surface area contributed by atoms with Crippen LogP contribution in [0.2, 0.25) is 0 Å². The Hall–Kier alpha value is -0.180. The summed E-state index contributed by atoms with van der Waals surface area (Å²) in [4.78, 5) is 0. The first-order valence-corrected chi connectivity index (χ1v) is 4.61. The lowest BCUT2D eigenvalue weighted by molar-refractivity contribution is -0.0431. The highest BCUT2D eigenvalue weighted by Crippen LogP contribution is 2.29. The van der Waals surface area contributed by atoms with E-state index in [1.807, 2.05) is 0 Å². The Morgan fingerprint density at radius 2 is 2.17 bits per heavy atom. The third-order valence-corrected chi connectivity index (χ3v) is 2.22. The van der Waals surface area contributed by atoms with Crippen LogP contribution >= 0.6 is 0 Å². The maximum absolute atomic E-state index is 12.9. The van der Waals surface area contributed by atoms with Gasteiger partial charge in [-0.3, -0.25) is 0 Å². The van der Waals surface area contributed by atoms with Crippen LogP contribution in [0.1, 0.15) is 33.1 Å². The fraction of sp³-hybridized carbons (Fsp3) is 1.00. The van der Waals surface area contributed by atoms with Crippen LogP contribution in [0, 0.1) is 5.92 Å². The molecule has 0 aromatic carbocycles. The smallest absolute Gasteiger partial charge is 0.250 e. The van der Waals surface area contributed by atoms with E-state index in [-0.39, 0.29) is 18.9 Å². The minimum atomic E-state index is -2.43. The monoisotopic (exact) mass is 177 g/mol. The molecule has 1 nitrogen and oxygen atoms in total. The van der Waals surface area contributed by atoms with Gasteiger partial charge in [-0.1, -0.05) is 13.8 Å². The summed E-state index contributed by atoms with van der Waals surface area (Å²) in [6, 6.07) is 0.0220. The first-order valence-electron chi connectivity index (χ1n) is 4.61. The Morgan fingerprint density at radius 3 is 2.67 bits per heavy atom. The third-order valence-electron chi connectivity index (χ3n) is 2.22. The van der Waals surface area contributed by atoms with Crippen molar-refractivity contribution in [2.75, 3.05) is 6.54 Å². The molecule has 0 aromatic rings. The summed E-state index contributed by atoms with van der Waals surface area (Å²) in [5.74, 6) is -1.93. The zero-order chi connectivity index (χ0) is 9.19. The molecule has 0 aromatic heterocycles. The van der Waals surface area contributed by atoms with E-state index < -0.39 is 5.92 Å². The van der Waals surface area contributed by atoms with Crippen molar-refractivity contribution in [3.05, 3.63) is 0 Å². The van der Waals surface area contributed by atoms with Crippen LogP contribution in [0.15, 0.2) is 0 Å². The van der Waals surface area contributed by atoms with E-state index in [9.17, 15) is 8.78 Å². The predicted octanol–water partition coefficient (Wildman–Crippen LogP) is 2.42. The summed E-state index contributed by atoms with van der Waals surface area (Å²) in [6.45, 7) is 4.59. The van der Waals surface area contributed by atoms with E-state index in [2.05, 4.69) is 19.2 Å². The van der Waals surface area contributed by atoms with Crippen LogP contribution in [0.25, 0.3) is 0 Å². The van der Waals surface area contributed by atoms with Crippen LogP contribution in [-0.4, -0.2) is 18.5 Å². The number of hydrogen-bond donors (Lipinski definition) is 1. The SMILES string of the molecule is CC(C)CC1CC(F)(F)CCN1. The first kappa shape index (κ1) is 9.90. The summed E-state index contributed by atoms with van der Waals surface area (Å²) in [6.07, 6.45) is 0.877. The Bertz CT molecular complexity index is 145. The molecule has 1 fully saturated rings. The van der Waals surface area contributed by atoms with E-state index in [4.69, 9.17) is 0 Å². The molecule has 1 unspecified atom stereocenters. The molecule has 12 heavy (non-hydrogen) atoms. The molecule has 1 aliphatic heterocycles. The fourth-order valence-corrected chi connectivity index (χ4v) is 1.73. The number of nitrogens with one attached hydrogen (secondary N) is 1. The molecule has 1 rings (SSSR count). The second-order valence-electron chi connectivity index (χ2n) is 4.09. The van der Waals surface area contributed by atoms with Crippen molar-refractivity contribution in [3.8, 4) is 0 Å². The molecule has 1 atom stereocenters. The maximum atomic E-state index is 12.9. The van der Waals surface area contributed by atoms with Crippen LogP contribution in [0.4, 0.5) is 8.78 Å². The normalized spacial score (nSPS) is 29.2. The molecule has 0 amide bonds. The summed E-state index contributed by atoms with van der Waals surface area (Å²) >= 11 is 0. The summed E-state index contributed by atoms with van der Waals surface area (Å²) < 4.78 is 25.7. The van der Waals surface area contributed by atoms with Crippen LogP contribution < -0.4 is 5.32 Å². The molecule has 1 N–H and O–H groups in total. The number of piperidine rings is 1. The quantitative estimate of drug-likeness (QED) is 0.683. The average molecular weight is 177 g/mol. The van der Waals surface area contributed by atoms with Crippen molar-refractivity contribution < 1.29 is 8.78 Å². The van der Waals surface area contributed by atoms with Gasteiger partial charge in [-0.2, -0.15) is 0 Å². The zero-order valence-electron chi connectivity index (χ0n) is 7.74. The molecule has 0 aliphatic carbocycles. The summed E-state index contributed by atoms with van der Waals surface area (Å²) in [7, 11) is 0. The highest BCUT2D eigenvalue weighted by molar-refractivity contribution is 4.83.